The standard InChI is InChI=1S/C8H10BrN3O/c1-12-8(6(9)4-11-12)5-2-7(13)10-3-5/h4-5H,2-3H2,1H3,(H,10,13). The molecular weight excluding hydrogens is 234 g/mol. The molecule has 1 amide bonds. The lowest BCUT2D eigenvalue weighted by atomic mass is 10.1. The van der Waals surface area contributed by atoms with Crippen molar-refractivity contribution in [2.45, 2.75) is 12.3 Å². The molecule has 0 spiro atoms. The molecule has 1 unspecified atom stereocenters. The first kappa shape index (κ1) is 8.74. The van der Waals surface area contributed by atoms with Crippen molar-refractivity contribution in [3.63, 3.8) is 0 Å². The van der Waals surface area contributed by atoms with Crippen LogP contribution < -0.4 is 5.32 Å². The van der Waals surface area contributed by atoms with Gasteiger partial charge >= 0.3 is 0 Å². The van der Waals surface area contributed by atoms with E-state index in [0.29, 0.717) is 6.42 Å². The molecule has 70 valence electrons. The van der Waals surface area contributed by atoms with Gasteiger partial charge in [0.15, 0.2) is 0 Å². The van der Waals surface area contributed by atoms with E-state index in [0.717, 1.165) is 16.7 Å². The summed E-state index contributed by atoms with van der Waals surface area (Å²) in [4.78, 5) is 11.0. The first-order valence-corrected chi connectivity index (χ1v) is 4.92. The van der Waals surface area contributed by atoms with Crippen LogP contribution in [0, 0.1) is 0 Å². The second kappa shape index (κ2) is 3.14. The number of rotatable bonds is 1. The molecule has 1 aromatic rings. The van der Waals surface area contributed by atoms with E-state index < -0.39 is 0 Å². The van der Waals surface area contributed by atoms with Gasteiger partial charge in [0.2, 0.25) is 5.91 Å². The highest BCUT2D eigenvalue weighted by Gasteiger charge is 2.27. The Morgan fingerprint density at radius 3 is 3.00 bits per heavy atom. The van der Waals surface area contributed by atoms with Gasteiger partial charge in [0.05, 0.1) is 16.4 Å². The highest BCUT2D eigenvalue weighted by molar-refractivity contribution is 9.10. The van der Waals surface area contributed by atoms with Crippen LogP contribution in [-0.2, 0) is 11.8 Å². The smallest absolute Gasteiger partial charge is 0.220 e. The zero-order valence-electron chi connectivity index (χ0n) is 7.25. The van der Waals surface area contributed by atoms with Crippen molar-refractivity contribution in [1.29, 1.82) is 0 Å². The van der Waals surface area contributed by atoms with Crippen LogP contribution in [-0.4, -0.2) is 22.2 Å². The number of hydrogen-bond donors (Lipinski definition) is 1. The van der Waals surface area contributed by atoms with Crippen molar-refractivity contribution in [1.82, 2.24) is 15.1 Å². The van der Waals surface area contributed by atoms with Crippen molar-refractivity contribution in [2.75, 3.05) is 6.54 Å². The highest BCUT2D eigenvalue weighted by atomic mass is 79.9. The van der Waals surface area contributed by atoms with Gasteiger partial charge < -0.3 is 5.32 Å². The number of carbonyl (C=O) groups is 1. The summed E-state index contributed by atoms with van der Waals surface area (Å²) in [6.45, 7) is 0.719. The van der Waals surface area contributed by atoms with Crippen LogP contribution in [0.5, 0.6) is 0 Å². The number of hydrogen-bond acceptors (Lipinski definition) is 2. The molecule has 13 heavy (non-hydrogen) atoms. The molecular formula is C8H10BrN3O. The topological polar surface area (TPSA) is 46.9 Å². The molecule has 2 heterocycles. The molecule has 0 saturated carbocycles. The van der Waals surface area contributed by atoms with Crippen LogP contribution in [0.3, 0.4) is 0 Å². The molecule has 2 rings (SSSR count). The third-order valence-corrected chi connectivity index (χ3v) is 2.91. The Bertz CT molecular complexity index is 328. The monoisotopic (exact) mass is 243 g/mol. The molecule has 1 aliphatic rings. The van der Waals surface area contributed by atoms with Gasteiger partial charge in [0.1, 0.15) is 0 Å². The highest BCUT2D eigenvalue weighted by Crippen LogP contribution is 2.28. The van der Waals surface area contributed by atoms with E-state index in [9.17, 15) is 4.79 Å². The molecule has 1 N–H and O–H groups in total. The molecule has 1 atom stereocenters. The van der Waals surface area contributed by atoms with E-state index in [1.807, 2.05) is 11.7 Å². The summed E-state index contributed by atoms with van der Waals surface area (Å²) < 4.78 is 2.80. The van der Waals surface area contributed by atoms with Crippen molar-refractivity contribution in [3.8, 4) is 0 Å². The molecule has 1 saturated heterocycles. The minimum absolute atomic E-state index is 0.123. The lowest BCUT2D eigenvalue weighted by Crippen LogP contribution is -2.14. The van der Waals surface area contributed by atoms with E-state index >= 15 is 0 Å². The van der Waals surface area contributed by atoms with Gasteiger partial charge in [0.25, 0.3) is 0 Å². The maximum atomic E-state index is 11.0. The number of halogens is 1. The van der Waals surface area contributed by atoms with Gasteiger partial charge in [-0.25, -0.2) is 0 Å². The Morgan fingerprint density at radius 1 is 1.77 bits per heavy atom. The van der Waals surface area contributed by atoms with Crippen molar-refractivity contribution in [2.24, 2.45) is 7.05 Å². The second-order valence-corrected chi connectivity index (χ2v) is 4.06. The van der Waals surface area contributed by atoms with Crippen molar-refractivity contribution < 1.29 is 4.79 Å². The first-order valence-electron chi connectivity index (χ1n) is 4.12. The summed E-state index contributed by atoms with van der Waals surface area (Å²) in [5.41, 5.74) is 1.10. The van der Waals surface area contributed by atoms with Crippen LogP contribution in [0.2, 0.25) is 0 Å². The second-order valence-electron chi connectivity index (χ2n) is 3.21. The third-order valence-electron chi connectivity index (χ3n) is 2.30. The summed E-state index contributed by atoms with van der Waals surface area (Å²) in [6, 6.07) is 0. The maximum Gasteiger partial charge on any atom is 0.220 e. The Balaban J connectivity index is 2.30. The van der Waals surface area contributed by atoms with Crippen LogP contribution in [0.1, 0.15) is 18.0 Å². The average molecular weight is 244 g/mol. The van der Waals surface area contributed by atoms with E-state index in [4.69, 9.17) is 0 Å². The van der Waals surface area contributed by atoms with Crippen molar-refractivity contribution in [3.05, 3.63) is 16.4 Å². The number of aryl methyl sites for hydroxylation is 1. The number of carbonyl (C=O) groups excluding carboxylic acids is 1. The third kappa shape index (κ3) is 1.48. The van der Waals surface area contributed by atoms with Crippen molar-refractivity contribution >= 4 is 21.8 Å². The van der Waals surface area contributed by atoms with Crippen LogP contribution in [0.25, 0.3) is 0 Å². The zero-order chi connectivity index (χ0) is 9.42. The first-order chi connectivity index (χ1) is 6.18. The van der Waals surface area contributed by atoms with Gasteiger partial charge in [-0.3, -0.25) is 9.48 Å². The van der Waals surface area contributed by atoms with E-state index in [2.05, 4.69) is 26.3 Å². The summed E-state index contributed by atoms with van der Waals surface area (Å²) in [7, 11) is 1.89. The molecule has 0 aliphatic carbocycles. The number of nitrogens with one attached hydrogen (secondary N) is 1. The van der Waals surface area contributed by atoms with E-state index in [1.165, 1.54) is 0 Å². The molecule has 1 aromatic heterocycles. The molecule has 0 bridgehead atoms. The number of nitrogens with zero attached hydrogens (tertiary/aromatic N) is 2. The molecule has 0 radical (unpaired) electrons. The zero-order valence-corrected chi connectivity index (χ0v) is 8.84. The van der Waals surface area contributed by atoms with E-state index in [1.54, 1.807) is 6.20 Å². The molecule has 4 nitrogen and oxygen atoms in total. The minimum Gasteiger partial charge on any atom is -0.355 e. The molecule has 0 aromatic carbocycles. The average Bonchev–Trinajstić information content (AvgIpc) is 2.60. The van der Waals surface area contributed by atoms with E-state index in [-0.39, 0.29) is 11.8 Å². The maximum absolute atomic E-state index is 11.0. The minimum atomic E-state index is 0.123. The Labute approximate surface area is 84.4 Å². The largest absolute Gasteiger partial charge is 0.355 e. The van der Waals surface area contributed by atoms with Gasteiger partial charge in [-0.15, -0.1) is 0 Å². The van der Waals surface area contributed by atoms with Crippen LogP contribution >= 0.6 is 15.9 Å². The van der Waals surface area contributed by atoms with Crippen LogP contribution in [0.15, 0.2) is 10.7 Å². The quantitative estimate of drug-likeness (QED) is 0.793. The SMILES string of the molecule is Cn1ncc(Br)c1C1CNC(=O)C1. The summed E-state index contributed by atoms with van der Waals surface area (Å²) in [5, 5.41) is 6.93. The Hall–Kier alpha value is -0.840. The predicted octanol–water partition coefficient (Wildman–Crippen LogP) is 0.786. The van der Waals surface area contributed by atoms with Gasteiger partial charge in [-0.05, 0) is 15.9 Å². The number of aromatic nitrogens is 2. The fourth-order valence-corrected chi connectivity index (χ4v) is 2.35. The molecule has 5 heteroatoms. The molecule has 1 fully saturated rings. The Kier molecular flexibility index (Phi) is 2.11. The lowest BCUT2D eigenvalue weighted by molar-refractivity contribution is -0.119. The normalized spacial score (nSPS) is 22.0. The summed E-state index contributed by atoms with van der Waals surface area (Å²) in [6.07, 6.45) is 2.33. The summed E-state index contributed by atoms with van der Waals surface area (Å²) in [5.74, 6) is 0.382. The van der Waals surface area contributed by atoms with Crippen LogP contribution in [0.4, 0.5) is 0 Å². The Morgan fingerprint density at radius 2 is 2.54 bits per heavy atom. The fraction of sp³-hybridized carbons (Fsp3) is 0.500. The van der Waals surface area contributed by atoms with Gasteiger partial charge in [0, 0.05) is 25.9 Å². The van der Waals surface area contributed by atoms with Gasteiger partial charge in [-0.1, -0.05) is 0 Å². The fourth-order valence-electron chi connectivity index (χ4n) is 1.68. The summed E-state index contributed by atoms with van der Waals surface area (Å²) >= 11 is 3.42. The predicted molar refractivity (Wildman–Crippen MR) is 51.3 cm³/mol. The lowest BCUT2D eigenvalue weighted by Gasteiger charge is -2.08. The number of amides is 1. The molecule has 1 aliphatic heterocycles. The van der Waals surface area contributed by atoms with Gasteiger partial charge in [-0.2, -0.15) is 5.10 Å².